The lowest BCUT2D eigenvalue weighted by atomic mass is 10.2. The number of pyridine rings is 1. The van der Waals surface area contributed by atoms with Crippen LogP contribution in [0, 0.1) is 4.78 Å². The molecule has 4 heterocycles. The van der Waals surface area contributed by atoms with Crippen molar-refractivity contribution in [2.75, 3.05) is 47.3 Å². The fraction of sp³-hybridized carbons (Fsp3) is 0.346. The highest BCUT2D eigenvalue weighted by Crippen LogP contribution is 2.43. The molecule has 6 rings (SSSR count). The van der Waals surface area contributed by atoms with Gasteiger partial charge in [-0.25, -0.2) is 18.4 Å². The van der Waals surface area contributed by atoms with Crippen LogP contribution >= 0.6 is 0 Å². The van der Waals surface area contributed by atoms with Crippen LogP contribution in [0.25, 0.3) is 16.9 Å². The van der Waals surface area contributed by atoms with E-state index in [1.807, 2.05) is 42.6 Å². The standard InChI is InChI=1S/C26H30N8O2S2/c1-37(2,35)32-23-4-3-5-24(30-23)34-22(18-6-7-18)16-19-17-28-26(31-25(19)34)29-20-8-10-21(11-9-20)33-12-14-38(27,36)15-13-33/h3-5,8-11,16-18,27H,6-7,12-15H2,1-2H3,(H,28,29,31). The first-order valence-electron chi connectivity index (χ1n) is 12.5. The van der Waals surface area contributed by atoms with E-state index in [2.05, 4.69) is 30.2 Å². The van der Waals surface area contributed by atoms with Gasteiger partial charge in [-0.3, -0.25) is 9.35 Å². The second kappa shape index (κ2) is 9.35. The molecule has 3 aromatic heterocycles. The lowest BCUT2D eigenvalue weighted by Gasteiger charge is -2.30. The summed E-state index contributed by atoms with van der Waals surface area (Å²) in [5.74, 6) is 2.88. The van der Waals surface area contributed by atoms with Crippen LogP contribution in [0.3, 0.4) is 0 Å². The molecule has 10 nitrogen and oxygen atoms in total. The van der Waals surface area contributed by atoms with E-state index in [1.54, 1.807) is 18.6 Å². The molecule has 2 fully saturated rings. The molecule has 1 saturated heterocycles. The number of rotatable bonds is 6. The lowest BCUT2D eigenvalue weighted by Crippen LogP contribution is -2.39. The first kappa shape index (κ1) is 24.8. The van der Waals surface area contributed by atoms with Crippen molar-refractivity contribution in [1.82, 2.24) is 19.5 Å². The van der Waals surface area contributed by atoms with Gasteiger partial charge in [0.1, 0.15) is 5.82 Å². The van der Waals surface area contributed by atoms with Gasteiger partial charge in [0.2, 0.25) is 5.95 Å². The van der Waals surface area contributed by atoms with Crippen molar-refractivity contribution in [3.8, 4) is 5.82 Å². The Morgan fingerprint density at radius 1 is 1.08 bits per heavy atom. The molecular weight excluding hydrogens is 520 g/mol. The summed E-state index contributed by atoms with van der Waals surface area (Å²) >= 11 is 0. The topological polar surface area (TPSA) is 129 Å². The van der Waals surface area contributed by atoms with Gasteiger partial charge in [-0.2, -0.15) is 9.35 Å². The summed E-state index contributed by atoms with van der Waals surface area (Å²) in [5, 5.41) is 4.24. The summed E-state index contributed by atoms with van der Waals surface area (Å²) in [7, 11) is -4.75. The zero-order valence-electron chi connectivity index (χ0n) is 21.3. The fourth-order valence-corrected chi connectivity index (χ4v) is 6.46. The van der Waals surface area contributed by atoms with Crippen LogP contribution in [0.2, 0.25) is 0 Å². The maximum Gasteiger partial charge on any atom is 0.229 e. The zero-order valence-corrected chi connectivity index (χ0v) is 23.0. The third-order valence-electron chi connectivity index (χ3n) is 6.70. The number of aromatic nitrogens is 4. The number of nitrogens with one attached hydrogen (secondary N) is 2. The Hall–Kier alpha value is -3.51. The SMILES string of the molecule is CS(C)(=O)=Nc1cccc(-n2c(C3CC3)cc3cnc(Nc4ccc(N5CCS(=N)(=O)CC5)cc4)nc32)n1. The molecule has 0 spiro atoms. The molecule has 1 saturated carbocycles. The van der Waals surface area contributed by atoms with Crippen molar-refractivity contribution in [3.63, 3.8) is 0 Å². The van der Waals surface area contributed by atoms with E-state index < -0.39 is 19.5 Å². The van der Waals surface area contributed by atoms with Crippen LogP contribution in [0.4, 0.5) is 23.1 Å². The molecule has 0 radical (unpaired) electrons. The summed E-state index contributed by atoms with van der Waals surface area (Å²) in [6.07, 6.45) is 7.27. The predicted octanol–water partition coefficient (Wildman–Crippen LogP) is 4.66. The van der Waals surface area contributed by atoms with Gasteiger partial charge in [-0.15, -0.1) is 0 Å². The predicted molar refractivity (Wildman–Crippen MR) is 153 cm³/mol. The van der Waals surface area contributed by atoms with E-state index in [4.69, 9.17) is 14.7 Å². The molecule has 1 aliphatic carbocycles. The van der Waals surface area contributed by atoms with Crippen LogP contribution in [-0.4, -0.2) is 65.0 Å². The van der Waals surface area contributed by atoms with Crippen molar-refractivity contribution >= 4 is 53.6 Å². The van der Waals surface area contributed by atoms with E-state index in [0.29, 0.717) is 48.1 Å². The van der Waals surface area contributed by atoms with Crippen LogP contribution in [-0.2, 0) is 19.5 Å². The molecule has 1 aromatic carbocycles. The summed E-state index contributed by atoms with van der Waals surface area (Å²) in [4.78, 5) is 16.3. The van der Waals surface area contributed by atoms with Crippen molar-refractivity contribution in [2.45, 2.75) is 18.8 Å². The van der Waals surface area contributed by atoms with Crippen LogP contribution in [0.5, 0.6) is 0 Å². The van der Waals surface area contributed by atoms with E-state index in [1.165, 1.54) is 0 Å². The van der Waals surface area contributed by atoms with Crippen molar-refractivity contribution in [2.24, 2.45) is 4.36 Å². The third kappa shape index (κ3) is 5.37. The number of hydrogen-bond donors (Lipinski definition) is 2. The van der Waals surface area contributed by atoms with Gasteiger partial charge in [0, 0.05) is 85.2 Å². The minimum absolute atomic E-state index is 0.408. The highest BCUT2D eigenvalue weighted by Gasteiger charge is 2.29. The Labute approximate surface area is 222 Å². The Bertz CT molecular complexity index is 1730. The van der Waals surface area contributed by atoms with E-state index in [9.17, 15) is 8.42 Å². The quantitative estimate of drug-likeness (QED) is 0.357. The summed E-state index contributed by atoms with van der Waals surface area (Å²) in [6, 6.07) is 15.7. The molecule has 198 valence electrons. The van der Waals surface area contributed by atoms with Gasteiger partial charge < -0.3 is 10.2 Å². The minimum atomic E-state index is -2.42. The van der Waals surface area contributed by atoms with Crippen molar-refractivity contribution in [3.05, 3.63) is 60.4 Å². The molecule has 12 heteroatoms. The molecule has 2 aliphatic rings. The van der Waals surface area contributed by atoms with Gasteiger partial charge in [-0.05, 0) is 61.2 Å². The molecule has 4 aromatic rings. The van der Waals surface area contributed by atoms with Gasteiger partial charge in [-0.1, -0.05) is 6.07 Å². The third-order valence-corrected chi connectivity index (χ3v) is 9.01. The largest absolute Gasteiger partial charge is 0.370 e. The number of nitrogens with zero attached hydrogens (tertiary/aromatic N) is 6. The Morgan fingerprint density at radius 2 is 1.82 bits per heavy atom. The Kier molecular flexibility index (Phi) is 6.10. The zero-order chi connectivity index (χ0) is 26.5. The van der Waals surface area contributed by atoms with E-state index in [-0.39, 0.29) is 0 Å². The fourth-order valence-electron chi connectivity index (χ4n) is 4.67. The van der Waals surface area contributed by atoms with Crippen LogP contribution < -0.4 is 10.2 Å². The van der Waals surface area contributed by atoms with Gasteiger partial charge >= 0.3 is 0 Å². The lowest BCUT2D eigenvalue weighted by molar-refractivity contribution is 0.664. The molecule has 1 aliphatic heterocycles. The van der Waals surface area contributed by atoms with Gasteiger partial charge in [0.15, 0.2) is 11.5 Å². The van der Waals surface area contributed by atoms with Crippen LogP contribution in [0.15, 0.2) is 59.1 Å². The molecule has 38 heavy (non-hydrogen) atoms. The maximum atomic E-state index is 12.2. The second-order valence-electron chi connectivity index (χ2n) is 10.2. The summed E-state index contributed by atoms with van der Waals surface area (Å²) < 4.78 is 38.3. The maximum absolute atomic E-state index is 12.2. The molecule has 0 amide bonds. The highest BCUT2D eigenvalue weighted by atomic mass is 32.2. The van der Waals surface area contributed by atoms with Crippen molar-refractivity contribution < 1.29 is 8.42 Å². The highest BCUT2D eigenvalue weighted by molar-refractivity contribution is 7.92. The number of hydrogen-bond acceptors (Lipinski definition) is 9. The molecule has 0 atom stereocenters. The monoisotopic (exact) mass is 550 g/mol. The number of fused-ring (bicyclic) bond motifs is 1. The van der Waals surface area contributed by atoms with E-state index in [0.717, 1.165) is 40.9 Å². The first-order valence-corrected chi connectivity index (χ1v) is 16.8. The van der Waals surface area contributed by atoms with Crippen molar-refractivity contribution in [1.29, 1.82) is 4.78 Å². The Balaban J connectivity index is 1.31. The molecule has 2 N–H and O–H groups in total. The Morgan fingerprint density at radius 3 is 2.50 bits per heavy atom. The molecule has 0 unspecified atom stereocenters. The average Bonchev–Trinajstić information content (AvgIpc) is 3.64. The number of anilines is 3. The normalized spacial score (nSPS) is 17.5. The smallest absolute Gasteiger partial charge is 0.229 e. The molecule has 0 bridgehead atoms. The van der Waals surface area contributed by atoms with Gasteiger partial charge in [0.05, 0.1) is 0 Å². The average molecular weight is 551 g/mol. The second-order valence-corrected chi connectivity index (χ2v) is 15.1. The molecular formula is C26H30N8O2S2. The van der Waals surface area contributed by atoms with Gasteiger partial charge in [0.25, 0.3) is 0 Å². The minimum Gasteiger partial charge on any atom is -0.370 e. The summed E-state index contributed by atoms with van der Waals surface area (Å²) in [6.45, 7) is 1.26. The van der Waals surface area contributed by atoms with E-state index >= 15 is 0 Å². The van der Waals surface area contributed by atoms with Crippen LogP contribution in [0.1, 0.15) is 24.5 Å². The first-order chi connectivity index (χ1) is 18.1. The number of benzene rings is 1. The summed E-state index contributed by atoms with van der Waals surface area (Å²) in [5.41, 5.74) is 3.80.